The molecule has 1 aromatic heterocycles. The van der Waals surface area contributed by atoms with Crippen LogP contribution >= 0.6 is 0 Å². The molecular weight excluding hydrogens is 196 g/mol. The summed E-state index contributed by atoms with van der Waals surface area (Å²) in [7, 11) is 0. The predicted molar refractivity (Wildman–Crippen MR) is 65.5 cm³/mol. The van der Waals surface area contributed by atoms with Gasteiger partial charge in [0.25, 0.3) is 0 Å². The van der Waals surface area contributed by atoms with Gasteiger partial charge in [-0.3, -0.25) is 0 Å². The molecule has 2 aliphatic rings. The molecule has 2 aliphatic carbocycles. The third-order valence-electron chi connectivity index (χ3n) is 5.29. The van der Waals surface area contributed by atoms with Gasteiger partial charge in [-0.1, -0.05) is 27.2 Å². The number of aryl methyl sites for hydroxylation is 1. The Hall–Kier alpha value is -0.720. The first-order valence-electron chi connectivity index (χ1n) is 6.60. The predicted octanol–water partition coefficient (Wildman–Crippen LogP) is 4.31. The first-order chi connectivity index (χ1) is 7.54. The van der Waals surface area contributed by atoms with Crippen molar-refractivity contribution in [1.29, 1.82) is 0 Å². The number of hydrogen-bond acceptors (Lipinski definition) is 1. The molecule has 1 nitrogen and oxygen atoms in total. The highest BCUT2D eigenvalue weighted by Crippen LogP contribution is 2.57. The molecule has 2 atom stereocenters. The highest BCUT2D eigenvalue weighted by atomic mass is 16.3. The lowest BCUT2D eigenvalue weighted by Crippen LogP contribution is -2.47. The van der Waals surface area contributed by atoms with E-state index in [1.165, 1.54) is 43.2 Å². The summed E-state index contributed by atoms with van der Waals surface area (Å²) in [6, 6.07) is 0. The third-order valence-corrected chi connectivity index (χ3v) is 5.29. The molecule has 1 saturated carbocycles. The van der Waals surface area contributed by atoms with E-state index >= 15 is 0 Å². The average molecular weight is 218 g/mol. The van der Waals surface area contributed by atoms with Crippen LogP contribution in [0.3, 0.4) is 0 Å². The van der Waals surface area contributed by atoms with Crippen LogP contribution < -0.4 is 0 Å². The molecular formula is C15H22O. The Morgan fingerprint density at radius 2 is 2.00 bits per heavy atom. The topological polar surface area (TPSA) is 13.1 Å². The van der Waals surface area contributed by atoms with Crippen molar-refractivity contribution < 1.29 is 4.42 Å². The van der Waals surface area contributed by atoms with Crippen molar-refractivity contribution in [1.82, 2.24) is 0 Å². The second-order valence-electron chi connectivity index (χ2n) is 6.66. The van der Waals surface area contributed by atoms with E-state index in [1.54, 1.807) is 0 Å². The molecule has 0 aliphatic heterocycles. The SMILES string of the molecule is CC1(C)CCC[C@]2(C)c3cocc3CC[C@H]12. The summed E-state index contributed by atoms with van der Waals surface area (Å²) in [5.41, 5.74) is 3.86. The van der Waals surface area contributed by atoms with Crippen LogP contribution in [0, 0.1) is 11.3 Å². The first-order valence-corrected chi connectivity index (χ1v) is 6.60. The Bertz CT molecular complexity index is 401. The monoisotopic (exact) mass is 218 g/mol. The number of furan rings is 1. The highest BCUT2D eigenvalue weighted by molar-refractivity contribution is 5.35. The smallest absolute Gasteiger partial charge is 0.0943 e. The standard InChI is InChI=1S/C15H22O/c1-14(2)7-4-8-15(3)12-10-16-9-11(12)5-6-13(14)15/h9-10,13H,4-8H2,1-3H3/t13-,15-/m1/s1. The molecule has 0 amide bonds. The summed E-state index contributed by atoms with van der Waals surface area (Å²) >= 11 is 0. The van der Waals surface area contributed by atoms with Crippen molar-refractivity contribution >= 4 is 0 Å². The van der Waals surface area contributed by atoms with Crippen molar-refractivity contribution in [2.24, 2.45) is 11.3 Å². The van der Waals surface area contributed by atoms with Gasteiger partial charge in [0.1, 0.15) is 0 Å². The molecule has 88 valence electrons. The van der Waals surface area contributed by atoms with E-state index in [0.29, 0.717) is 10.8 Å². The van der Waals surface area contributed by atoms with E-state index in [1.807, 2.05) is 12.5 Å². The van der Waals surface area contributed by atoms with E-state index in [0.717, 1.165) is 5.92 Å². The largest absolute Gasteiger partial charge is 0.472 e. The molecule has 0 bridgehead atoms. The Balaban J connectivity index is 2.09. The van der Waals surface area contributed by atoms with E-state index in [4.69, 9.17) is 4.42 Å². The molecule has 3 rings (SSSR count). The number of fused-ring (bicyclic) bond motifs is 3. The van der Waals surface area contributed by atoms with Gasteiger partial charge < -0.3 is 4.42 Å². The molecule has 1 aromatic rings. The van der Waals surface area contributed by atoms with E-state index in [-0.39, 0.29) is 0 Å². The van der Waals surface area contributed by atoms with Crippen molar-refractivity contribution in [2.45, 2.75) is 58.3 Å². The van der Waals surface area contributed by atoms with Crippen LogP contribution in [0.25, 0.3) is 0 Å². The summed E-state index contributed by atoms with van der Waals surface area (Å²) in [6.45, 7) is 7.38. The second kappa shape index (κ2) is 3.15. The van der Waals surface area contributed by atoms with E-state index in [9.17, 15) is 0 Å². The Kier molecular flexibility index (Phi) is 2.05. The van der Waals surface area contributed by atoms with Gasteiger partial charge >= 0.3 is 0 Å². The zero-order valence-electron chi connectivity index (χ0n) is 10.7. The summed E-state index contributed by atoms with van der Waals surface area (Å²) in [6.07, 6.45) is 10.6. The van der Waals surface area contributed by atoms with Gasteiger partial charge in [-0.05, 0) is 53.6 Å². The van der Waals surface area contributed by atoms with Gasteiger partial charge in [0.15, 0.2) is 0 Å². The minimum Gasteiger partial charge on any atom is -0.472 e. The maximum atomic E-state index is 5.45. The second-order valence-corrected chi connectivity index (χ2v) is 6.66. The number of hydrogen-bond donors (Lipinski definition) is 0. The van der Waals surface area contributed by atoms with Crippen molar-refractivity contribution in [2.75, 3.05) is 0 Å². The summed E-state index contributed by atoms with van der Waals surface area (Å²) in [5, 5.41) is 0. The lowest BCUT2D eigenvalue weighted by molar-refractivity contribution is 0.0409. The highest BCUT2D eigenvalue weighted by Gasteiger charge is 2.50. The molecule has 1 heteroatoms. The summed E-state index contributed by atoms with van der Waals surface area (Å²) in [4.78, 5) is 0. The Morgan fingerprint density at radius 3 is 2.81 bits per heavy atom. The van der Waals surface area contributed by atoms with Crippen LogP contribution in [-0.4, -0.2) is 0 Å². The van der Waals surface area contributed by atoms with Crippen LogP contribution in [-0.2, 0) is 11.8 Å². The zero-order valence-corrected chi connectivity index (χ0v) is 10.7. The molecule has 0 unspecified atom stereocenters. The van der Waals surface area contributed by atoms with Gasteiger partial charge in [0, 0.05) is 0 Å². The molecule has 0 saturated heterocycles. The number of rotatable bonds is 0. The van der Waals surface area contributed by atoms with Gasteiger partial charge in [-0.25, -0.2) is 0 Å². The Morgan fingerprint density at radius 1 is 1.19 bits per heavy atom. The normalized spacial score (nSPS) is 36.6. The fourth-order valence-electron chi connectivity index (χ4n) is 4.47. The minimum absolute atomic E-state index is 0.377. The fourth-order valence-corrected chi connectivity index (χ4v) is 4.47. The third kappa shape index (κ3) is 1.23. The van der Waals surface area contributed by atoms with Crippen LogP contribution in [0.5, 0.6) is 0 Å². The zero-order chi connectivity index (χ0) is 11.4. The molecule has 0 radical (unpaired) electrons. The van der Waals surface area contributed by atoms with Gasteiger partial charge in [0.05, 0.1) is 12.5 Å². The van der Waals surface area contributed by atoms with Crippen molar-refractivity contribution in [3.63, 3.8) is 0 Å². The first kappa shape index (κ1) is 10.4. The lowest BCUT2D eigenvalue weighted by atomic mass is 9.51. The molecule has 0 aromatic carbocycles. The average Bonchev–Trinajstić information content (AvgIpc) is 2.65. The molecule has 1 heterocycles. The van der Waals surface area contributed by atoms with Crippen LogP contribution in [0.15, 0.2) is 16.9 Å². The summed E-state index contributed by atoms with van der Waals surface area (Å²) in [5.74, 6) is 0.832. The van der Waals surface area contributed by atoms with Gasteiger partial charge in [-0.2, -0.15) is 0 Å². The van der Waals surface area contributed by atoms with Crippen LogP contribution in [0.4, 0.5) is 0 Å². The van der Waals surface area contributed by atoms with Crippen molar-refractivity contribution in [3.8, 4) is 0 Å². The molecule has 1 fully saturated rings. The minimum atomic E-state index is 0.377. The molecule has 0 spiro atoms. The Labute approximate surface area is 98.2 Å². The van der Waals surface area contributed by atoms with Crippen LogP contribution in [0.2, 0.25) is 0 Å². The maximum absolute atomic E-state index is 5.45. The fraction of sp³-hybridized carbons (Fsp3) is 0.733. The maximum Gasteiger partial charge on any atom is 0.0943 e. The quantitative estimate of drug-likeness (QED) is 0.632. The molecule has 16 heavy (non-hydrogen) atoms. The van der Waals surface area contributed by atoms with Crippen LogP contribution in [0.1, 0.15) is 57.6 Å². The molecule has 0 N–H and O–H groups in total. The van der Waals surface area contributed by atoms with E-state index < -0.39 is 0 Å². The van der Waals surface area contributed by atoms with Gasteiger partial charge in [-0.15, -0.1) is 0 Å². The van der Waals surface area contributed by atoms with Gasteiger partial charge in [0.2, 0.25) is 0 Å². The summed E-state index contributed by atoms with van der Waals surface area (Å²) < 4.78 is 5.45. The van der Waals surface area contributed by atoms with Crippen molar-refractivity contribution in [3.05, 3.63) is 23.7 Å². The lowest BCUT2D eigenvalue weighted by Gasteiger charge is -2.53. The van der Waals surface area contributed by atoms with E-state index in [2.05, 4.69) is 20.8 Å².